The number of halogens is 1. The van der Waals surface area contributed by atoms with Crippen molar-refractivity contribution in [2.75, 3.05) is 65.6 Å². The van der Waals surface area contributed by atoms with Crippen molar-refractivity contribution >= 4 is 27.7 Å². The number of nitrogens with zero attached hydrogens (tertiary/aromatic N) is 2. The van der Waals surface area contributed by atoms with E-state index >= 15 is 0 Å². The van der Waals surface area contributed by atoms with E-state index in [4.69, 9.17) is 9.47 Å². The fourth-order valence-corrected chi connectivity index (χ4v) is 5.24. The highest BCUT2D eigenvalue weighted by Gasteiger charge is 2.31. The maximum atomic E-state index is 12.8. The third kappa shape index (κ3) is 7.28. The van der Waals surface area contributed by atoms with E-state index in [0.29, 0.717) is 39.2 Å². The fraction of sp³-hybridized carbons (Fsp3) is 0.600. The molecule has 2 N–H and O–H groups in total. The number of nitrogens with one attached hydrogen (secondary N) is 2. The number of ether oxygens (including phenoxy) is 2. The first-order chi connectivity index (χ1) is 16.6. The van der Waals surface area contributed by atoms with Crippen molar-refractivity contribution in [3.63, 3.8) is 0 Å². The highest BCUT2D eigenvalue weighted by Crippen LogP contribution is 2.29. The van der Waals surface area contributed by atoms with E-state index in [1.165, 1.54) is 0 Å². The second-order valence-electron chi connectivity index (χ2n) is 9.16. The van der Waals surface area contributed by atoms with Crippen LogP contribution in [0.5, 0.6) is 5.75 Å². The van der Waals surface area contributed by atoms with Gasteiger partial charge in [0.15, 0.2) is 0 Å². The Morgan fingerprint density at radius 2 is 2.06 bits per heavy atom. The first-order valence-corrected chi connectivity index (χ1v) is 13.0. The van der Waals surface area contributed by atoms with Crippen molar-refractivity contribution in [2.45, 2.75) is 19.4 Å². The minimum absolute atomic E-state index is 0.0896. The predicted octanol–water partition coefficient (Wildman–Crippen LogP) is 1.79. The van der Waals surface area contributed by atoms with Crippen molar-refractivity contribution in [3.05, 3.63) is 40.4 Å². The molecule has 0 unspecified atom stereocenters. The van der Waals surface area contributed by atoms with Crippen molar-refractivity contribution < 1.29 is 19.1 Å². The van der Waals surface area contributed by atoms with E-state index < -0.39 is 0 Å². The lowest BCUT2D eigenvalue weighted by molar-refractivity contribution is -0.132. The molecule has 0 radical (unpaired) electrons. The summed E-state index contributed by atoms with van der Waals surface area (Å²) in [5, 5.41) is 6.35. The van der Waals surface area contributed by atoms with Gasteiger partial charge in [0.25, 0.3) is 0 Å². The van der Waals surface area contributed by atoms with Crippen molar-refractivity contribution in [3.8, 4) is 5.75 Å². The molecule has 8 nitrogen and oxygen atoms in total. The first-order valence-electron chi connectivity index (χ1n) is 12.2. The Kier molecular flexibility index (Phi) is 9.38. The van der Waals surface area contributed by atoms with E-state index in [1.54, 1.807) is 0 Å². The largest absolute Gasteiger partial charge is 0.489 e. The zero-order valence-corrected chi connectivity index (χ0v) is 21.2. The highest BCUT2D eigenvalue weighted by atomic mass is 79.9. The minimum atomic E-state index is 0.0896. The molecule has 3 aliphatic heterocycles. The second kappa shape index (κ2) is 12.7. The average molecular weight is 535 g/mol. The van der Waals surface area contributed by atoms with Crippen LogP contribution in [0.25, 0.3) is 0 Å². The fourth-order valence-electron chi connectivity index (χ4n) is 4.83. The molecule has 2 amide bonds. The summed E-state index contributed by atoms with van der Waals surface area (Å²) in [6.07, 6.45) is 5.47. The molecule has 2 saturated heterocycles. The summed E-state index contributed by atoms with van der Waals surface area (Å²) in [6, 6.07) is 5.92. The number of amides is 2. The molecule has 0 aromatic heterocycles. The average Bonchev–Trinajstić information content (AvgIpc) is 2.84. The number of fused-ring (bicyclic) bond motifs is 3. The first kappa shape index (κ1) is 25.2. The SMILES string of the molecule is O=C(C[C@@H]1CCN2C[C@@H]1/C=C\COc1ccc(Br)cc1CNCC2=O)NCCN1CCOCC1. The maximum absolute atomic E-state index is 12.8. The van der Waals surface area contributed by atoms with Gasteiger partial charge in [-0.25, -0.2) is 0 Å². The molecule has 2 atom stereocenters. The molecule has 3 aliphatic rings. The van der Waals surface area contributed by atoms with Crippen molar-refractivity contribution in [1.29, 1.82) is 0 Å². The molecule has 1 aromatic carbocycles. The smallest absolute Gasteiger partial charge is 0.236 e. The van der Waals surface area contributed by atoms with Crippen LogP contribution in [0.15, 0.2) is 34.8 Å². The van der Waals surface area contributed by atoms with Gasteiger partial charge < -0.3 is 25.0 Å². The van der Waals surface area contributed by atoms with Crippen LogP contribution in [0, 0.1) is 11.8 Å². The number of morpholine rings is 1. The lowest BCUT2D eigenvalue weighted by atomic mass is 9.82. The van der Waals surface area contributed by atoms with E-state index in [-0.39, 0.29) is 30.2 Å². The number of rotatable bonds is 5. The van der Waals surface area contributed by atoms with Crippen LogP contribution in [-0.4, -0.2) is 87.2 Å². The van der Waals surface area contributed by atoms with Crippen LogP contribution in [0.2, 0.25) is 0 Å². The third-order valence-corrected chi connectivity index (χ3v) is 7.29. The number of carbonyl (C=O) groups is 2. The molecular weight excluding hydrogens is 500 g/mol. The molecule has 186 valence electrons. The van der Waals surface area contributed by atoms with Crippen LogP contribution in [0.3, 0.4) is 0 Å². The normalized spacial score (nSPS) is 25.2. The summed E-state index contributed by atoms with van der Waals surface area (Å²) in [7, 11) is 0. The minimum Gasteiger partial charge on any atom is -0.489 e. The predicted molar refractivity (Wildman–Crippen MR) is 134 cm³/mol. The number of hydrogen-bond acceptors (Lipinski definition) is 6. The summed E-state index contributed by atoms with van der Waals surface area (Å²) < 4.78 is 12.4. The molecule has 0 saturated carbocycles. The molecule has 0 aliphatic carbocycles. The van der Waals surface area contributed by atoms with Gasteiger partial charge in [0.05, 0.1) is 19.8 Å². The zero-order chi connectivity index (χ0) is 23.8. The Balaban J connectivity index is 1.34. The zero-order valence-electron chi connectivity index (χ0n) is 19.6. The van der Waals surface area contributed by atoms with Gasteiger partial charge in [-0.3, -0.25) is 14.5 Å². The summed E-state index contributed by atoms with van der Waals surface area (Å²) >= 11 is 3.51. The van der Waals surface area contributed by atoms with Gasteiger partial charge in [0, 0.05) is 62.3 Å². The Labute approximate surface area is 210 Å². The molecule has 34 heavy (non-hydrogen) atoms. The highest BCUT2D eigenvalue weighted by molar-refractivity contribution is 9.10. The summed E-state index contributed by atoms with van der Waals surface area (Å²) in [6.45, 7) is 7.53. The monoisotopic (exact) mass is 534 g/mol. The van der Waals surface area contributed by atoms with Gasteiger partial charge >= 0.3 is 0 Å². The van der Waals surface area contributed by atoms with Crippen LogP contribution in [0.4, 0.5) is 0 Å². The van der Waals surface area contributed by atoms with Gasteiger partial charge in [-0.2, -0.15) is 0 Å². The standard InChI is InChI=1S/C25H35BrN4O4/c26-22-3-4-23-21(14-22)16-27-17-25(32)30-7-5-19(20(18-30)2-1-11-34-23)15-24(31)28-6-8-29-9-12-33-13-10-29/h1-4,14,19-20,27H,5-13,15-18H2,(H,28,31)/b2-1-/t19-,20-/m0/s1. The topological polar surface area (TPSA) is 83.1 Å². The van der Waals surface area contributed by atoms with E-state index in [9.17, 15) is 9.59 Å². The number of benzene rings is 1. The number of hydrogen-bond donors (Lipinski definition) is 2. The number of carbonyl (C=O) groups excluding carboxylic acids is 2. The third-order valence-electron chi connectivity index (χ3n) is 6.79. The van der Waals surface area contributed by atoms with Crippen molar-refractivity contribution in [1.82, 2.24) is 20.4 Å². The summed E-state index contributed by atoms with van der Waals surface area (Å²) in [5.41, 5.74) is 1.01. The van der Waals surface area contributed by atoms with Crippen LogP contribution in [0.1, 0.15) is 18.4 Å². The van der Waals surface area contributed by atoms with E-state index in [2.05, 4.69) is 37.5 Å². The van der Waals surface area contributed by atoms with E-state index in [0.717, 1.165) is 55.1 Å². The van der Waals surface area contributed by atoms with Gasteiger partial charge in [0.1, 0.15) is 12.4 Å². The van der Waals surface area contributed by atoms with Gasteiger partial charge in [0.2, 0.25) is 11.8 Å². The molecule has 9 heteroatoms. The lowest BCUT2D eigenvalue weighted by Gasteiger charge is -2.37. The van der Waals surface area contributed by atoms with Gasteiger partial charge in [-0.05, 0) is 36.5 Å². The van der Waals surface area contributed by atoms with Crippen molar-refractivity contribution in [2.24, 2.45) is 11.8 Å². The Bertz CT molecular complexity index is 874. The second-order valence-corrected chi connectivity index (χ2v) is 10.1. The van der Waals surface area contributed by atoms with E-state index in [1.807, 2.05) is 29.2 Å². The quantitative estimate of drug-likeness (QED) is 0.560. The Morgan fingerprint density at radius 1 is 1.21 bits per heavy atom. The van der Waals surface area contributed by atoms with Gasteiger partial charge in [-0.1, -0.05) is 28.1 Å². The summed E-state index contributed by atoms with van der Waals surface area (Å²) in [4.78, 5) is 29.7. The Morgan fingerprint density at radius 3 is 2.91 bits per heavy atom. The molecule has 1 aromatic rings. The van der Waals surface area contributed by atoms with Crippen LogP contribution >= 0.6 is 15.9 Å². The molecule has 0 spiro atoms. The molecule has 4 rings (SSSR count). The van der Waals surface area contributed by atoms with Crippen LogP contribution in [-0.2, 0) is 20.9 Å². The van der Waals surface area contributed by atoms with Crippen LogP contribution < -0.4 is 15.4 Å². The molecule has 2 bridgehead atoms. The molecule has 2 fully saturated rings. The maximum Gasteiger partial charge on any atom is 0.236 e. The Hall–Kier alpha value is -1.94. The summed E-state index contributed by atoms with van der Waals surface area (Å²) in [5.74, 6) is 1.35. The van der Waals surface area contributed by atoms with Gasteiger partial charge in [-0.15, -0.1) is 0 Å². The molecular formula is C25H35BrN4O4. The number of piperidine rings is 1. The lowest BCUT2D eigenvalue weighted by Crippen LogP contribution is -2.47. The molecule has 3 heterocycles.